The van der Waals surface area contributed by atoms with Crippen LogP contribution in [0.3, 0.4) is 0 Å². The highest BCUT2D eigenvalue weighted by Gasteiger charge is 2.27. The van der Waals surface area contributed by atoms with E-state index in [1.54, 1.807) is 19.3 Å². The minimum atomic E-state index is -0.774. The van der Waals surface area contributed by atoms with E-state index in [2.05, 4.69) is 11.6 Å². The summed E-state index contributed by atoms with van der Waals surface area (Å²) in [5.74, 6) is 1.53. The molecule has 2 heterocycles. The molecule has 2 aromatic carbocycles. The van der Waals surface area contributed by atoms with Crippen molar-refractivity contribution in [1.29, 1.82) is 0 Å². The number of nitrogens with zero attached hydrogens (tertiary/aromatic N) is 2. The van der Waals surface area contributed by atoms with Gasteiger partial charge in [-0.3, -0.25) is 4.79 Å². The maximum absolute atomic E-state index is 12.7. The summed E-state index contributed by atoms with van der Waals surface area (Å²) in [6, 6.07) is 13.0. The fraction of sp³-hybridized carbons (Fsp3) is 0.200. The number of aromatic nitrogens is 1. The molecule has 0 bridgehead atoms. The van der Waals surface area contributed by atoms with Gasteiger partial charge < -0.3 is 18.8 Å². The molecular formula is C20H18N2O4S. The molecule has 0 fully saturated rings. The summed E-state index contributed by atoms with van der Waals surface area (Å²) in [5.41, 5.74) is 0.891. The third-order valence-electron chi connectivity index (χ3n) is 4.19. The van der Waals surface area contributed by atoms with Gasteiger partial charge in [-0.25, -0.2) is 0 Å². The lowest BCUT2D eigenvalue weighted by Gasteiger charge is -2.23. The highest BCUT2D eigenvalue weighted by molar-refractivity contribution is 7.16. The topological polar surface area (TPSA) is 62.1 Å². The summed E-state index contributed by atoms with van der Waals surface area (Å²) < 4.78 is 19.8. The number of hydrogen-bond donors (Lipinski definition) is 0. The standard InChI is InChI=1S/C20H18N2O4S/c1-3-11-22-18-15(24-2)9-6-10-17(18)27-20(22)21-19(23)16-12-25-13-7-4-5-8-14(13)26-16/h3-10,16H,1,11-12H2,2H3/t16-/m1/s1. The van der Waals surface area contributed by atoms with Crippen molar-refractivity contribution < 1.29 is 19.0 Å². The van der Waals surface area contributed by atoms with Crippen LogP contribution in [0.15, 0.2) is 60.1 Å². The van der Waals surface area contributed by atoms with E-state index in [0.29, 0.717) is 22.8 Å². The SMILES string of the molecule is C=CCn1c(=NC(=O)[C@H]2COc3ccccc3O2)sc2cccc(OC)c21. The normalized spacial score (nSPS) is 16.3. The number of hydrogen-bond acceptors (Lipinski definition) is 5. The van der Waals surface area contributed by atoms with Gasteiger partial charge in [-0.1, -0.05) is 35.6 Å². The summed E-state index contributed by atoms with van der Waals surface area (Å²) in [4.78, 5) is 17.6. The largest absolute Gasteiger partial charge is 0.495 e. The number of para-hydroxylation sites is 3. The van der Waals surface area contributed by atoms with Crippen LogP contribution in [0, 0.1) is 0 Å². The lowest BCUT2D eigenvalue weighted by Crippen LogP contribution is -2.36. The minimum Gasteiger partial charge on any atom is -0.495 e. The van der Waals surface area contributed by atoms with Crippen molar-refractivity contribution in [2.45, 2.75) is 12.6 Å². The fourth-order valence-electron chi connectivity index (χ4n) is 2.95. The monoisotopic (exact) mass is 382 g/mol. The third-order valence-corrected chi connectivity index (χ3v) is 5.23. The van der Waals surface area contributed by atoms with Gasteiger partial charge in [0.2, 0.25) is 6.10 Å². The average Bonchev–Trinajstić information content (AvgIpc) is 3.05. The number of carbonyl (C=O) groups excluding carboxylic acids is 1. The van der Waals surface area contributed by atoms with Crippen molar-refractivity contribution in [3.05, 3.63) is 59.9 Å². The van der Waals surface area contributed by atoms with E-state index in [9.17, 15) is 4.79 Å². The van der Waals surface area contributed by atoms with Gasteiger partial charge in [0.15, 0.2) is 16.3 Å². The smallest absolute Gasteiger partial charge is 0.292 e. The Morgan fingerprint density at radius 2 is 2.15 bits per heavy atom. The predicted octanol–water partition coefficient (Wildman–Crippen LogP) is 3.16. The molecule has 1 aromatic heterocycles. The zero-order chi connectivity index (χ0) is 18.8. The Labute approximate surface area is 159 Å². The van der Waals surface area contributed by atoms with E-state index in [0.717, 1.165) is 16.0 Å². The van der Waals surface area contributed by atoms with Gasteiger partial charge in [0, 0.05) is 6.54 Å². The molecule has 1 amide bonds. The number of amides is 1. The lowest BCUT2D eigenvalue weighted by molar-refractivity contribution is -0.127. The van der Waals surface area contributed by atoms with E-state index in [4.69, 9.17) is 14.2 Å². The number of carbonyl (C=O) groups is 1. The first kappa shape index (κ1) is 17.4. The van der Waals surface area contributed by atoms with Crippen LogP contribution < -0.4 is 19.0 Å². The molecule has 4 rings (SSSR count). The van der Waals surface area contributed by atoms with E-state index in [1.807, 2.05) is 41.0 Å². The molecule has 1 aliphatic rings. The number of thiazole rings is 1. The minimum absolute atomic E-state index is 0.134. The lowest BCUT2D eigenvalue weighted by atomic mass is 10.2. The molecule has 1 aliphatic heterocycles. The van der Waals surface area contributed by atoms with Gasteiger partial charge in [-0.2, -0.15) is 4.99 Å². The van der Waals surface area contributed by atoms with Crippen molar-refractivity contribution in [2.24, 2.45) is 4.99 Å². The third kappa shape index (κ3) is 3.21. The van der Waals surface area contributed by atoms with Gasteiger partial charge in [-0.05, 0) is 24.3 Å². The van der Waals surface area contributed by atoms with Crippen molar-refractivity contribution in [2.75, 3.05) is 13.7 Å². The molecule has 138 valence electrons. The maximum atomic E-state index is 12.7. The molecule has 6 nitrogen and oxygen atoms in total. The highest BCUT2D eigenvalue weighted by Crippen LogP contribution is 2.31. The van der Waals surface area contributed by atoms with E-state index < -0.39 is 6.10 Å². The molecule has 0 N–H and O–H groups in total. The van der Waals surface area contributed by atoms with Gasteiger partial charge in [-0.15, -0.1) is 6.58 Å². The van der Waals surface area contributed by atoms with Crippen molar-refractivity contribution in [1.82, 2.24) is 4.57 Å². The molecule has 3 aromatic rings. The van der Waals surface area contributed by atoms with Crippen LogP contribution >= 0.6 is 11.3 Å². The number of ether oxygens (including phenoxy) is 3. The molecule has 0 radical (unpaired) electrons. The first-order valence-corrected chi connectivity index (χ1v) is 9.27. The van der Waals surface area contributed by atoms with Gasteiger partial charge in [0.25, 0.3) is 5.91 Å². The second-order valence-corrected chi connectivity index (χ2v) is 6.91. The maximum Gasteiger partial charge on any atom is 0.292 e. The van der Waals surface area contributed by atoms with Crippen molar-refractivity contribution in [3.8, 4) is 17.2 Å². The molecular weight excluding hydrogens is 364 g/mol. The van der Waals surface area contributed by atoms with Crippen LogP contribution in [0.25, 0.3) is 10.2 Å². The van der Waals surface area contributed by atoms with Crippen LogP contribution in [-0.4, -0.2) is 30.3 Å². The zero-order valence-electron chi connectivity index (χ0n) is 14.8. The van der Waals surface area contributed by atoms with Crippen LogP contribution in [-0.2, 0) is 11.3 Å². The molecule has 0 spiro atoms. The number of methoxy groups -OCH3 is 1. The van der Waals surface area contributed by atoms with Crippen LogP contribution in [0.4, 0.5) is 0 Å². The second kappa shape index (κ2) is 7.28. The average molecular weight is 382 g/mol. The van der Waals surface area contributed by atoms with Gasteiger partial charge in [0.1, 0.15) is 17.9 Å². The Morgan fingerprint density at radius 1 is 1.33 bits per heavy atom. The molecule has 0 aliphatic carbocycles. The van der Waals surface area contributed by atoms with Crippen LogP contribution in [0.5, 0.6) is 17.2 Å². The summed E-state index contributed by atoms with van der Waals surface area (Å²) in [7, 11) is 1.62. The first-order valence-electron chi connectivity index (χ1n) is 8.45. The zero-order valence-corrected chi connectivity index (χ0v) is 15.6. The predicted molar refractivity (Wildman–Crippen MR) is 103 cm³/mol. The summed E-state index contributed by atoms with van der Waals surface area (Å²) in [6.07, 6.45) is 0.989. The molecule has 27 heavy (non-hydrogen) atoms. The number of benzene rings is 2. The van der Waals surface area contributed by atoms with Crippen molar-refractivity contribution >= 4 is 27.5 Å². The number of allylic oxidation sites excluding steroid dienone is 1. The van der Waals surface area contributed by atoms with Crippen LogP contribution in [0.2, 0.25) is 0 Å². The van der Waals surface area contributed by atoms with Crippen molar-refractivity contribution in [3.63, 3.8) is 0 Å². The summed E-state index contributed by atoms with van der Waals surface area (Å²) >= 11 is 1.42. The summed E-state index contributed by atoms with van der Waals surface area (Å²) in [6.45, 7) is 4.45. The Hall–Kier alpha value is -3.06. The van der Waals surface area contributed by atoms with E-state index >= 15 is 0 Å². The molecule has 1 atom stereocenters. The van der Waals surface area contributed by atoms with Gasteiger partial charge >= 0.3 is 0 Å². The Balaban J connectivity index is 1.73. The van der Waals surface area contributed by atoms with E-state index in [-0.39, 0.29) is 12.5 Å². The molecule has 7 heteroatoms. The molecule has 0 saturated heterocycles. The summed E-state index contributed by atoms with van der Waals surface area (Å²) in [5, 5.41) is 0. The van der Waals surface area contributed by atoms with Gasteiger partial charge in [0.05, 0.1) is 11.8 Å². The first-order chi connectivity index (χ1) is 13.2. The molecule has 0 unspecified atom stereocenters. The Kier molecular flexibility index (Phi) is 4.68. The molecule has 0 saturated carbocycles. The number of rotatable bonds is 4. The Morgan fingerprint density at radius 3 is 2.93 bits per heavy atom. The highest BCUT2D eigenvalue weighted by atomic mass is 32.1. The number of fused-ring (bicyclic) bond motifs is 2. The fourth-order valence-corrected chi connectivity index (χ4v) is 4.02. The quantitative estimate of drug-likeness (QED) is 0.651. The van der Waals surface area contributed by atoms with E-state index in [1.165, 1.54) is 11.3 Å². The van der Waals surface area contributed by atoms with Crippen LogP contribution in [0.1, 0.15) is 0 Å². The second-order valence-electron chi connectivity index (χ2n) is 5.91. The Bertz CT molecular complexity index is 1080.